The molecule has 0 unspecified atom stereocenters. The number of nitrogens with zero attached hydrogens (tertiary/aromatic N) is 2. The molecule has 1 aromatic carbocycles. The van der Waals surface area contributed by atoms with E-state index >= 15 is 0 Å². The van der Waals surface area contributed by atoms with Gasteiger partial charge in [-0.2, -0.15) is 0 Å². The largest absolute Gasteiger partial charge is 0.381 e. The molecule has 0 radical (unpaired) electrons. The molecule has 0 atom stereocenters. The Bertz CT molecular complexity index is 487. The predicted octanol–water partition coefficient (Wildman–Crippen LogP) is 3.16. The molecule has 122 valence electrons. The van der Waals surface area contributed by atoms with E-state index in [1.54, 1.807) is 0 Å². The van der Waals surface area contributed by atoms with Crippen molar-refractivity contribution in [2.45, 2.75) is 25.8 Å². The van der Waals surface area contributed by atoms with Crippen molar-refractivity contribution in [3.63, 3.8) is 0 Å². The maximum Gasteiger partial charge on any atom is 0.193 e. The maximum absolute atomic E-state index is 6.19. The number of benzene rings is 1. The highest BCUT2D eigenvalue weighted by molar-refractivity contribution is 6.31. The lowest BCUT2D eigenvalue weighted by molar-refractivity contribution is 0.0625. The Labute approximate surface area is 138 Å². The standard InChI is InChI=1S/C17H26ClN3O/c1-19-17(20-13-15-5-3-4-6-16(15)18)21(2)10-7-14-8-11-22-12-9-14/h3-6,14H,7-13H2,1-2H3,(H,19,20). The van der Waals surface area contributed by atoms with Gasteiger partial charge >= 0.3 is 0 Å². The number of hydrogen-bond donors (Lipinski definition) is 1. The topological polar surface area (TPSA) is 36.9 Å². The van der Waals surface area contributed by atoms with Crippen molar-refractivity contribution in [2.75, 3.05) is 33.9 Å². The van der Waals surface area contributed by atoms with Gasteiger partial charge in [-0.05, 0) is 36.8 Å². The monoisotopic (exact) mass is 323 g/mol. The van der Waals surface area contributed by atoms with Gasteiger partial charge in [0, 0.05) is 45.4 Å². The molecule has 1 heterocycles. The highest BCUT2D eigenvalue weighted by atomic mass is 35.5. The summed E-state index contributed by atoms with van der Waals surface area (Å²) in [6.45, 7) is 3.52. The second kappa shape index (κ2) is 9.01. The first-order valence-corrected chi connectivity index (χ1v) is 8.31. The molecule has 0 aromatic heterocycles. The van der Waals surface area contributed by atoms with Crippen LogP contribution in [0.5, 0.6) is 0 Å². The van der Waals surface area contributed by atoms with E-state index in [0.717, 1.165) is 42.2 Å². The third-order valence-electron chi connectivity index (χ3n) is 4.18. The zero-order chi connectivity index (χ0) is 15.8. The van der Waals surface area contributed by atoms with Crippen molar-refractivity contribution in [1.82, 2.24) is 10.2 Å². The van der Waals surface area contributed by atoms with Crippen LogP contribution in [-0.4, -0.2) is 44.7 Å². The molecular formula is C17H26ClN3O. The fourth-order valence-corrected chi connectivity index (χ4v) is 2.92. The summed E-state index contributed by atoms with van der Waals surface area (Å²) in [7, 11) is 3.90. The first-order chi connectivity index (χ1) is 10.7. The molecule has 1 aliphatic heterocycles. The summed E-state index contributed by atoms with van der Waals surface area (Å²) in [6.07, 6.45) is 3.55. The predicted molar refractivity (Wildman–Crippen MR) is 92.4 cm³/mol. The lowest BCUT2D eigenvalue weighted by Crippen LogP contribution is -2.39. The molecule has 0 saturated carbocycles. The number of rotatable bonds is 5. The second-order valence-corrected chi connectivity index (χ2v) is 6.17. The van der Waals surface area contributed by atoms with Crippen molar-refractivity contribution >= 4 is 17.6 Å². The molecule has 1 aliphatic rings. The molecule has 22 heavy (non-hydrogen) atoms. The van der Waals surface area contributed by atoms with E-state index in [-0.39, 0.29) is 0 Å². The Hall–Kier alpha value is -1.26. The summed E-state index contributed by atoms with van der Waals surface area (Å²) in [6, 6.07) is 7.89. The Morgan fingerprint density at radius 2 is 2.09 bits per heavy atom. The van der Waals surface area contributed by atoms with E-state index < -0.39 is 0 Å². The Morgan fingerprint density at radius 3 is 2.77 bits per heavy atom. The summed E-state index contributed by atoms with van der Waals surface area (Å²) >= 11 is 6.19. The molecule has 0 bridgehead atoms. The van der Waals surface area contributed by atoms with E-state index in [9.17, 15) is 0 Å². The summed E-state index contributed by atoms with van der Waals surface area (Å²) in [4.78, 5) is 6.55. The van der Waals surface area contributed by atoms with Gasteiger partial charge < -0.3 is 15.0 Å². The first-order valence-electron chi connectivity index (χ1n) is 7.93. The summed E-state index contributed by atoms with van der Waals surface area (Å²) in [5, 5.41) is 4.17. The average molecular weight is 324 g/mol. The lowest BCUT2D eigenvalue weighted by Gasteiger charge is -2.27. The fourth-order valence-electron chi connectivity index (χ4n) is 2.72. The second-order valence-electron chi connectivity index (χ2n) is 5.76. The molecule has 0 aliphatic carbocycles. The van der Waals surface area contributed by atoms with Gasteiger partial charge in [-0.25, -0.2) is 0 Å². The molecule has 5 heteroatoms. The summed E-state index contributed by atoms with van der Waals surface area (Å²) in [5.74, 6) is 1.69. The van der Waals surface area contributed by atoms with Gasteiger partial charge in [-0.15, -0.1) is 0 Å². The number of halogens is 1. The van der Waals surface area contributed by atoms with Crippen LogP contribution < -0.4 is 5.32 Å². The minimum atomic E-state index is 0.688. The third kappa shape index (κ3) is 5.18. The van der Waals surface area contributed by atoms with Crippen LogP contribution in [0.25, 0.3) is 0 Å². The molecule has 1 N–H and O–H groups in total. The first kappa shape index (κ1) is 17.1. The van der Waals surface area contributed by atoms with Gasteiger partial charge in [0.15, 0.2) is 5.96 Å². The highest BCUT2D eigenvalue weighted by Crippen LogP contribution is 2.18. The zero-order valence-electron chi connectivity index (χ0n) is 13.5. The molecule has 1 aromatic rings. The van der Waals surface area contributed by atoms with Crippen LogP contribution in [0.2, 0.25) is 5.02 Å². The van der Waals surface area contributed by atoms with Crippen LogP contribution in [0, 0.1) is 5.92 Å². The third-order valence-corrected chi connectivity index (χ3v) is 4.55. The van der Waals surface area contributed by atoms with E-state index in [1.807, 2.05) is 31.3 Å². The molecular weight excluding hydrogens is 298 g/mol. The van der Waals surface area contributed by atoms with Crippen LogP contribution in [0.1, 0.15) is 24.8 Å². The quantitative estimate of drug-likeness (QED) is 0.668. The number of nitrogens with one attached hydrogen (secondary N) is 1. The number of hydrogen-bond acceptors (Lipinski definition) is 2. The molecule has 0 spiro atoms. The number of aliphatic imine (C=N–C) groups is 1. The van der Waals surface area contributed by atoms with Crippen molar-refractivity contribution in [3.8, 4) is 0 Å². The summed E-state index contributed by atoms with van der Waals surface area (Å²) in [5.41, 5.74) is 1.09. The van der Waals surface area contributed by atoms with Crippen LogP contribution in [0.4, 0.5) is 0 Å². The maximum atomic E-state index is 6.19. The van der Waals surface area contributed by atoms with Crippen molar-refractivity contribution in [2.24, 2.45) is 10.9 Å². The smallest absolute Gasteiger partial charge is 0.193 e. The average Bonchev–Trinajstić information content (AvgIpc) is 2.56. The number of ether oxygens (including phenoxy) is 1. The Morgan fingerprint density at radius 1 is 1.36 bits per heavy atom. The van der Waals surface area contributed by atoms with Crippen LogP contribution in [-0.2, 0) is 11.3 Å². The number of guanidine groups is 1. The van der Waals surface area contributed by atoms with Gasteiger partial charge in [-0.3, -0.25) is 4.99 Å². The van der Waals surface area contributed by atoms with Crippen molar-refractivity contribution in [3.05, 3.63) is 34.9 Å². The minimum absolute atomic E-state index is 0.688. The van der Waals surface area contributed by atoms with Gasteiger partial charge in [-0.1, -0.05) is 29.8 Å². The van der Waals surface area contributed by atoms with Gasteiger partial charge in [0.1, 0.15) is 0 Å². The Kier molecular flexibility index (Phi) is 7.00. The van der Waals surface area contributed by atoms with Gasteiger partial charge in [0.25, 0.3) is 0 Å². The molecule has 2 rings (SSSR count). The Balaban J connectivity index is 1.79. The minimum Gasteiger partial charge on any atom is -0.381 e. The molecule has 0 amide bonds. The van der Waals surface area contributed by atoms with Crippen LogP contribution in [0.3, 0.4) is 0 Å². The molecule has 1 saturated heterocycles. The molecule has 1 fully saturated rings. The van der Waals surface area contributed by atoms with E-state index in [2.05, 4.69) is 22.3 Å². The van der Waals surface area contributed by atoms with Crippen LogP contribution in [0.15, 0.2) is 29.3 Å². The lowest BCUT2D eigenvalue weighted by atomic mass is 9.96. The van der Waals surface area contributed by atoms with E-state index in [1.165, 1.54) is 19.3 Å². The van der Waals surface area contributed by atoms with Crippen LogP contribution >= 0.6 is 11.6 Å². The highest BCUT2D eigenvalue weighted by Gasteiger charge is 2.15. The zero-order valence-corrected chi connectivity index (χ0v) is 14.3. The summed E-state index contributed by atoms with van der Waals surface area (Å²) < 4.78 is 5.41. The van der Waals surface area contributed by atoms with Gasteiger partial charge in [0.05, 0.1) is 0 Å². The van der Waals surface area contributed by atoms with Gasteiger partial charge in [0.2, 0.25) is 0 Å². The normalized spacial score (nSPS) is 16.6. The van der Waals surface area contributed by atoms with E-state index in [4.69, 9.17) is 16.3 Å². The molecule has 4 nitrogen and oxygen atoms in total. The SMILES string of the molecule is CN=C(NCc1ccccc1Cl)N(C)CCC1CCOCC1. The van der Waals surface area contributed by atoms with Crippen molar-refractivity contribution < 1.29 is 4.74 Å². The fraction of sp³-hybridized carbons (Fsp3) is 0.588. The van der Waals surface area contributed by atoms with Crippen molar-refractivity contribution in [1.29, 1.82) is 0 Å². The van der Waals surface area contributed by atoms with E-state index in [0.29, 0.717) is 6.54 Å².